The molecule has 2 aromatic rings. The highest BCUT2D eigenvalue weighted by Crippen LogP contribution is 2.45. The number of benzene rings is 1. The smallest absolute Gasteiger partial charge is 0.0768 e. The van der Waals surface area contributed by atoms with Crippen molar-refractivity contribution in [2.45, 2.75) is 39.0 Å². The van der Waals surface area contributed by atoms with E-state index < -0.39 is 0 Å². The SMILES string of the molecule is Cc1ccccc1[C@H]1[C@@H]2CN(Cc3cc4n(n3)CCCNC4)C[C@@H]2CN1C.Cl.Cl. The first-order valence-corrected chi connectivity index (χ1v) is 10.4. The van der Waals surface area contributed by atoms with Crippen LogP contribution in [-0.2, 0) is 19.6 Å². The third-order valence-corrected chi connectivity index (χ3v) is 6.81. The average Bonchev–Trinajstić information content (AvgIpc) is 3.23. The summed E-state index contributed by atoms with van der Waals surface area (Å²) in [6, 6.07) is 11.8. The van der Waals surface area contributed by atoms with E-state index >= 15 is 0 Å². The monoisotopic (exact) mass is 437 g/mol. The van der Waals surface area contributed by atoms with Gasteiger partial charge in [-0.25, -0.2) is 0 Å². The Labute approximate surface area is 186 Å². The van der Waals surface area contributed by atoms with Crippen molar-refractivity contribution in [3.8, 4) is 0 Å². The molecule has 0 spiro atoms. The van der Waals surface area contributed by atoms with Crippen molar-refractivity contribution in [2.75, 3.05) is 33.2 Å². The zero-order chi connectivity index (χ0) is 18.4. The van der Waals surface area contributed by atoms with E-state index in [2.05, 4.69) is 64.1 Å². The van der Waals surface area contributed by atoms with Crippen molar-refractivity contribution in [3.05, 3.63) is 52.8 Å². The Bertz CT molecular complexity index is 800. The van der Waals surface area contributed by atoms with Crippen LogP contribution in [-0.4, -0.2) is 52.8 Å². The summed E-state index contributed by atoms with van der Waals surface area (Å²) in [4.78, 5) is 5.22. The standard InChI is InChI=1S/C22H31N5.2ClH/c1-16-6-3-4-7-20(16)22-21-15-26(13-17(21)12-25(22)2)14-18-10-19-11-23-8-5-9-27(19)24-18;;/h3-4,6-7,10,17,21-23H,5,8-9,11-15H2,1-2H3;2*1H/t17-,21+,22-;;/m0../s1. The molecular formula is C22H33Cl2N5. The minimum atomic E-state index is 0. The highest BCUT2D eigenvalue weighted by atomic mass is 35.5. The lowest BCUT2D eigenvalue weighted by atomic mass is 9.88. The van der Waals surface area contributed by atoms with Crippen LogP contribution < -0.4 is 5.32 Å². The number of nitrogens with zero attached hydrogens (tertiary/aromatic N) is 4. The first kappa shape index (κ1) is 22.6. The van der Waals surface area contributed by atoms with E-state index in [0.29, 0.717) is 6.04 Å². The van der Waals surface area contributed by atoms with Crippen LogP contribution in [0.15, 0.2) is 30.3 Å². The van der Waals surface area contributed by atoms with Gasteiger partial charge < -0.3 is 5.32 Å². The summed E-state index contributed by atoms with van der Waals surface area (Å²) >= 11 is 0. The van der Waals surface area contributed by atoms with Gasteiger partial charge in [-0.3, -0.25) is 14.5 Å². The minimum Gasteiger partial charge on any atom is -0.311 e. The molecule has 7 heteroatoms. The highest BCUT2D eigenvalue weighted by Gasteiger charge is 2.46. The molecule has 1 aromatic carbocycles. The number of halogens is 2. The molecule has 0 amide bonds. The van der Waals surface area contributed by atoms with Gasteiger partial charge in [-0.2, -0.15) is 5.10 Å². The summed E-state index contributed by atoms with van der Waals surface area (Å²) in [6.45, 7) is 9.97. The van der Waals surface area contributed by atoms with Crippen molar-refractivity contribution in [1.82, 2.24) is 24.9 Å². The summed E-state index contributed by atoms with van der Waals surface area (Å²) in [6.07, 6.45) is 1.17. The van der Waals surface area contributed by atoms with E-state index in [9.17, 15) is 0 Å². The molecule has 3 atom stereocenters. The van der Waals surface area contributed by atoms with Gasteiger partial charge >= 0.3 is 0 Å². The maximum absolute atomic E-state index is 4.90. The molecular weight excluding hydrogens is 405 g/mol. The molecule has 160 valence electrons. The molecule has 2 saturated heterocycles. The van der Waals surface area contributed by atoms with Gasteiger partial charge in [0.05, 0.1) is 11.4 Å². The second kappa shape index (κ2) is 9.36. The summed E-state index contributed by atoms with van der Waals surface area (Å²) in [5.74, 6) is 1.51. The number of hydrogen-bond acceptors (Lipinski definition) is 4. The van der Waals surface area contributed by atoms with Crippen molar-refractivity contribution in [3.63, 3.8) is 0 Å². The van der Waals surface area contributed by atoms with E-state index in [1.165, 1.54) is 48.6 Å². The third kappa shape index (κ3) is 4.35. The van der Waals surface area contributed by atoms with Gasteiger partial charge in [0.25, 0.3) is 0 Å². The fourth-order valence-electron chi connectivity index (χ4n) is 5.59. The van der Waals surface area contributed by atoms with Crippen LogP contribution in [0.5, 0.6) is 0 Å². The molecule has 2 fully saturated rings. The van der Waals surface area contributed by atoms with E-state index in [1.54, 1.807) is 0 Å². The Morgan fingerprint density at radius 2 is 1.97 bits per heavy atom. The molecule has 29 heavy (non-hydrogen) atoms. The maximum atomic E-state index is 4.90. The highest BCUT2D eigenvalue weighted by molar-refractivity contribution is 5.85. The Morgan fingerprint density at radius 1 is 1.14 bits per heavy atom. The average molecular weight is 438 g/mol. The van der Waals surface area contributed by atoms with Gasteiger partial charge in [-0.1, -0.05) is 24.3 Å². The Kier molecular flexibility index (Phi) is 7.28. The van der Waals surface area contributed by atoms with Crippen molar-refractivity contribution in [2.24, 2.45) is 11.8 Å². The molecule has 5 rings (SSSR count). The predicted molar refractivity (Wildman–Crippen MR) is 122 cm³/mol. The van der Waals surface area contributed by atoms with Gasteiger partial charge in [-0.05, 0) is 56.0 Å². The zero-order valence-electron chi connectivity index (χ0n) is 17.4. The first-order valence-electron chi connectivity index (χ1n) is 10.4. The number of nitrogens with one attached hydrogen (secondary N) is 1. The molecule has 0 radical (unpaired) electrons. The summed E-state index contributed by atoms with van der Waals surface area (Å²) in [5.41, 5.74) is 5.54. The molecule has 1 aromatic heterocycles. The van der Waals surface area contributed by atoms with Gasteiger partial charge in [-0.15, -0.1) is 24.8 Å². The fourth-order valence-corrected chi connectivity index (χ4v) is 5.59. The number of rotatable bonds is 3. The van der Waals surface area contributed by atoms with Gasteiger partial charge in [0.15, 0.2) is 0 Å². The first-order chi connectivity index (χ1) is 13.2. The van der Waals surface area contributed by atoms with E-state index in [0.717, 1.165) is 38.0 Å². The lowest BCUT2D eigenvalue weighted by Crippen LogP contribution is -2.29. The molecule has 0 saturated carbocycles. The van der Waals surface area contributed by atoms with E-state index in [-0.39, 0.29) is 24.8 Å². The van der Waals surface area contributed by atoms with Crippen LogP contribution in [0.1, 0.15) is 35.0 Å². The number of fused-ring (bicyclic) bond motifs is 2. The Morgan fingerprint density at radius 3 is 2.79 bits per heavy atom. The summed E-state index contributed by atoms with van der Waals surface area (Å²) < 4.78 is 2.22. The zero-order valence-corrected chi connectivity index (χ0v) is 19.0. The summed E-state index contributed by atoms with van der Waals surface area (Å²) in [5, 5.41) is 8.40. The molecule has 4 heterocycles. The van der Waals surface area contributed by atoms with Crippen molar-refractivity contribution >= 4 is 24.8 Å². The Hall–Kier alpha value is -1.11. The van der Waals surface area contributed by atoms with E-state index in [1.807, 2.05) is 0 Å². The number of likely N-dealkylation sites (tertiary alicyclic amines) is 2. The molecule has 3 aliphatic heterocycles. The minimum absolute atomic E-state index is 0. The molecule has 0 bridgehead atoms. The summed E-state index contributed by atoms with van der Waals surface area (Å²) in [7, 11) is 2.30. The predicted octanol–water partition coefficient (Wildman–Crippen LogP) is 3.26. The lowest BCUT2D eigenvalue weighted by Gasteiger charge is -2.27. The van der Waals surface area contributed by atoms with Crippen LogP contribution in [0.2, 0.25) is 0 Å². The quantitative estimate of drug-likeness (QED) is 0.798. The van der Waals surface area contributed by atoms with E-state index in [4.69, 9.17) is 5.10 Å². The molecule has 1 N–H and O–H groups in total. The fraction of sp³-hybridized carbons (Fsp3) is 0.591. The molecule has 5 nitrogen and oxygen atoms in total. The number of hydrogen-bond donors (Lipinski definition) is 1. The van der Waals surface area contributed by atoms with Crippen molar-refractivity contribution < 1.29 is 0 Å². The second-order valence-corrected chi connectivity index (χ2v) is 8.74. The van der Waals surface area contributed by atoms with Crippen LogP contribution in [0.3, 0.4) is 0 Å². The van der Waals surface area contributed by atoms with Crippen LogP contribution in [0.25, 0.3) is 0 Å². The number of aryl methyl sites for hydroxylation is 2. The van der Waals surface area contributed by atoms with Gasteiger partial charge in [0.2, 0.25) is 0 Å². The second-order valence-electron chi connectivity index (χ2n) is 8.74. The molecule has 3 aliphatic rings. The van der Waals surface area contributed by atoms with Crippen LogP contribution in [0.4, 0.5) is 0 Å². The number of aromatic nitrogens is 2. The van der Waals surface area contributed by atoms with Gasteiger partial charge in [0.1, 0.15) is 0 Å². The topological polar surface area (TPSA) is 36.3 Å². The van der Waals surface area contributed by atoms with Crippen LogP contribution >= 0.6 is 24.8 Å². The van der Waals surface area contributed by atoms with Crippen LogP contribution in [0, 0.1) is 18.8 Å². The third-order valence-electron chi connectivity index (χ3n) is 6.81. The molecule has 0 aliphatic carbocycles. The normalized spacial score (nSPS) is 26.9. The Balaban J connectivity index is 0.00000120. The largest absolute Gasteiger partial charge is 0.311 e. The lowest BCUT2D eigenvalue weighted by molar-refractivity contribution is 0.222. The maximum Gasteiger partial charge on any atom is 0.0768 e. The van der Waals surface area contributed by atoms with Crippen molar-refractivity contribution in [1.29, 1.82) is 0 Å². The van der Waals surface area contributed by atoms with Gasteiger partial charge in [0, 0.05) is 45.3 Å². The molecule has 0 unspecified atom stereocenters.